The summed E-state index contributed by atoms with van der Waals surface area (Å²) in [7, 11) is 0. The highest BCUT2D eigenvalue weighted by Gasteiger charge is 2.25. The summed E-state index contributed by atoms with van der Waals surface area (Å²) in [5.74, 6) is 1.25. The number of hydrogen-bond donors (Lipinski definition) is 2. The Morgan fingerprint density at radius 1 is 1.00 bits per heavy atom. The van der Waals surface area contributed by atoms with Gasteiger partial charge in [0.1, 0.15) is 11.5 Å². The van der Waals surface area contributed by atoms with E-state index < -0.39 is 0 Å². The molecule has 2 aromatic rings. The summed E-state index contributed by atoms with van der Waals surface area (Å²) in [5.41, 5.74) is 4.19. The number of benzene rings is 2. The average molecular weight is 280 g/mol. The SMILES string of the molecule is C=C1C(O)=C(c2ccc(O)cc2)Oc2cc(C)cc(C)c21. The molecule has 3 nitrogen and oxygen atoms in total. The molecule has 21 heavy (non-hydrogen) atoms. The quantitative estimate of drug-likeness (QED) is 0.817. The van der Waals surface area contributed by atoms with Crippen LogP contribution in [-0.4, -0.2) is 10.2 Å². The van der Waals surface area contributed by atoms with E-state index >= 15 is 0 Å². The maximum Gasteiger partial charge on any atom is 0.176 e. The Morgan fingerprint density at radius 2 is 1.67 bits per heavy atom. The van der Waals surface area contributed by atoms with Crippen LogP contribution in [0.25, 0.3) is 11.3 Å². The lowest BCUT2D eigenvalue weighted by molar-refractivity contribution is 0.398. The number of fused-ring (bicyclic) bond motifs is 1. The van der Waals surface area contributed by atoms with Gasteiger partial charge in [-0.2, -0.15) is 0 Å². The van der Waals surface area contributed by atoms with Crippen molar-refractivity contribution in [1.82, 2.24) is 0 Å². The van der Waals surface area contributed by atoms with E-state index in [0.717, 1.165) is 16.7 Å². The smallest absolute Gasteiger partial charge is 0.176 e. The van der Waals surface area contributed by atoms with Gasteiger partial charge in [-0.25, -0.2) is 0 Å². The zero-order chi connectivity index (χ0) is 15.1. The van der Waals surface area contributed by atoms with E-state index in [1.165, 1.54) is 0 Å². The number of aromatic hydroxyl groups is 1. The van der Waals surface area contributed by atoms with Crippen molar-refractivity contribution >= 4 is 11.3 Å². The van der Waals surface area contributed by atoms with Crippen molar-refractivity contribution in [2.45, 2.75) is 13.8 Å². The second-order valence-corrected chi connectivity index (χ2v) is 5.26. The molecule has 0 bridgehead atoms. The van der Waals surface area contributed by atoms with Crippen LogP contribution >= 0.6 is 0 Å². The van der Waals surface area contributed by atoms with Crippen LogP contribution in [0.2, 0.25) is 0 Å². The van der Waals surface area contributed by atoms with Crippen LogP contribution in [0.3, 0.4) is 0 Å². The molecule has 0 aliphatic carbocycles. The van der Waals surface area contributed by atoms with E-state index in [0.29, 0.717) is 22.6 Å². The van der Waals surface area contributed by atoms with E-state index in [-0.39, 0.29) is 11.5 Å². The molecule has 3 heteroatoms. The number of aliphatic hydroxyl groups excluding tert-OH is 1. The number of phenolic OH excluding ortho intramolecular Hbond substituents is 1. The van der Waals surface area contributed by atoms with Gasteiger partial charge in [-0.15, -0.1) is 0 Å². The Balaban J connectivity index is 2.15. The van der Waals surface area contributed by atoms with Gasteiger partial charge in [0.15, 0.2) is 11.5 Å². The molecule has 1 aliphatic rings. The van der Waals surface area contributed by atoms with Gasteiger partial charge in [0, 0.05) is 16.7 Å². The first kappa shape index (κ1) is 13.3. The molecule has 0 unspecified atom stereocenters. The Hall–Kier alpha value is -2.68. The lowest BCUT2D eigenvalue weighted by Gasteiger charge is -2.24. The number of hydrogen-bond acceptors (Lipinski definition) is 3. The number of ether oxygens (including phenoxy) is 1. The first-order valence-electron chi connectivity index (χ1n) is 6.69. The monoisotopic (exact) mass is 280 g/mol. The highest BCUT2D eigenvalue weighted by atomic mass is 16.5. The Kier molecular flexibility index (Phi) is 2.98. The molecule has 3 rings (SSSR count). The number of aryl methyl sites for hydroxylation is 2. The van der Waals surface area contributed by atoms with Gasteiger partial charge in [-0.05, 0) is 55.3 Å². The van der Waals surface area contributed by atoms with Gasteiger partial charge in [-0.1, -0.05) is 12.6 Å². The fraction of sp³-hybridized carbons (Fsp3) is 0.111. The van der Waals surface area contributed by atoms with Crippen molar-refractivity contribution in [2.75, 3.05) is 0 Å². The summed E-state index contributed by atoms with van der Waals surface area (Å²) >= 11 is 0. The number of aliphatic hydroxyl groups is 1. The topological polar surface area (TPSA) is 49.7 Å². The maximum atomic E-state index is 10.4. The third-order valence-corrected chi connectivity index (χ3v) is 3.59. The number of rotatable bonds is 1. The third-order valence-electron chi connectivity index (χ3n) is 3.59. The zero-order valence-electron chi connectivity index (χ0n) is 12.0. The first-order valence-corrected chi connectivity index (χ1v) is 6.69. The van der Waals surface area contributed by atoms with Gasteiger partial charge >= 0.3 is 0 Å². The zero-order valence-corrected chi connectivity index (χ0v) is 12.0. The number of allylic oxidation sites excluding steroid dienone is 1. The molecule has 2 aromatic carbocycles. The van der Waals surface area contributed by atoms with E-state index in [4.69, 9.17) is 4.74 Å². The molecule has 0 aromatic heterocycles. The van der Waals surface area contributed by atoms with Crippen molar-refractivity contribution in [3.05, 3.63) is 71.0 Å². The number of phenols is 1. The maximum absolute atomic E-state index is 10.4. The predicted molar refractivity (Wildman–Crippen MR) is 83.2 cm³/mol. The molecule has 1 aliphatic heterocycles. The average Bonchev–Trinajstić information content (AvgIpc) is 2.43. The van der Waals surface area contributed by atoms with E-state index in [9.17, 15) is 10.2 Å². The first-order chi connectivity index (χ1) is 9.97. The van der Waals surface area contributed by atoms with Gasteiger partial charge < -0.3 is 14.9 Å². The minimum absolute atomic E-state index is 0.0279. The van der Waals surface area contributed by atoms with Crippen molar-refractivity contribution < 1.29 is 14.9 Å². The van der Waals surface area contributed by atoms with Crippen molar-refractivity contribution in [2.24, 2.45) is 0 Å². The second kappa shape index (κ2) is 4.70. The summed E-state index contributed by atoms with van der Waals surface area (Å²) in [6, 6.07) is 10.5. The third kappa shape index (κ3) is 2.17. The van der Waals surface area contributed by atoms with E-state index in [1.54, 1.807) is 24.3 Å². The molecule has 2 N–H and O–H groups in total. The van der Waals surface area contributed by atoms with Crippen molar-refractivity contribution in [3.8, 4) is 11.5 Å². The second-order valence-electron chi connectivity index (χ2n) is 5.26. The molecule has 0 spiro atoms. The lowest BCUT2D eigenvalue weighted by atomic mass is 9.94. The molecule has 0 radical (unpaired) electrons. The summed E-state index contributed by atoms with van der Waals surface area (Å²) in [5, 5.41) is 19.8. The molecule has 1 heterocycles. The molecular weight excluding hydrogens is 264 g/mol. The lowest BCUT2D eigenvalue weighted by Crippen LogP contribution is -2.10. The molecule has 0 atom stereocenters. The van der Waals surface area contributed by atoms with Crippen LogP contribution in [0.5, 0.6) is 11.5 Å². The van der Waals surface area contributed by atoms with Crippen LogP contribution in [0.1, 0.15) is 22.3 Å². The van der Waals surface area contributed by atoms with Crippen molar-refractivity contribution in [1.29, 1.82) is 0 Å². The van der Waals surface area contributed by atoms with Gasteiger partial charge in [0.05, 0.1) is 0 Å². The van der Waals surface area contributed by atoms with Crippen LogP contribution in [0.4, 0.5) is 0 Å². The molecule has 106 valence electrons. The van der Waals surface area contributed by atoms with E-state index in [1.807, 2.05) is 26.0 Å². The van der Waals surface area contributed by atoms with Crippen LogP contribution in [0.15, 0.2) is 48.7 Å². The highest BCUT2D eigenvalue weighted by Crippen LogP contribution is 2.42. The molecule has 0 fully saturated rings. The predicted octanol–water partition coefficient (Wildman–Crippen LogP) is 4.34. The Morgan fingerprint density at radius 3 is 2.33 bits per heavy atom. The Bertz CT molecular complexity index is 768. The molecule has 0 amide bonds. The Labute approximate surface area is 123 Å². The van der Waals surface area contributed by atoms with Gasteiger partial charge in [0.25, 0.3) is 0 Å². The standard InChI is InChI=1S/C18H16O3/c1-10-8-11(2)16-12(3)17(20)18(21-15(16)9-10)13-4-6-14(19)7-5-13/h4-9,19-20H,3H2,1-2H3. The summed E-state index contributed by atoms with van der Waals surface area (Å²) in [6.45, 7) is 7.95. The largest absolute Gasteiger partial charge is 0.508 e. The summed E-state index contributed by atoms with van der Waals surface area (Å²) < 4.78 is 5.89. The highest BCUT2D eigenvalue weighted by molar-refractivity contribution is 5.91. The van der Waals surface area contributed by atoms with Crippen LogP contribution in [-0.2, 0) is 0 Å². The van der Waals surface area contributed by atoms with Crippen LogP contribution < -0.4 is 4.74 Å². The van der Waals surface area contributed by atoms with Gasteiger partial charge in [0.2, 0.25) is 0 Å². The summed E-state index contributed by atoms with van der Waals surface area (Å²) in [4.78, 5) is 0. The minimum atomic E-state index is 0.0279. The molecular formula is C18H16O3. The fourth-order valence-electron chi connectivity index (χ4n) is 2.62. The normalized spacial score (nSPS) is 13.9. The van der Waals surface area contributed by atoms with Crippen molar-refractivity contribution in [3.63, 3.8) is 0 Å². The minimum Gasteiger partial charge on any atom is -0.508 e. The molecule has 0 saturated carbocycles. The van der Waals surface area contributed by atoms with Gasteiger partial charge in [-0.3, -0.25) is 0 Å². The summed E-state index contributed by atoms with van der Waals surface area (Å²) in [6.07, 6.45) is 0. The fourth-order valence-corrected chi connectivity index (χ4v) is 2.62. The molecule has 0 saturated heterocycles. The van der Waals surface area contributed by atoms with E-state index in [2.05, 4.69) is 6.58 Å². The van der Waals surface area contributed by atoms with Crippen LogP contribution in [0, 0.1) is 13.8 Å².